The van der Waals surface area contributed by atoms with Crippen LogP contribution >= 0.6 is 11.6 Å². The molecule has 1 amide bonds. The number of nitrogens with zero attached hydrogens (tertiary/aromatic N) is 2. The number of ether oxygens (including phenoxy) is 1. The van der Waals surface area contributed by atoms with Gasteiger partial charge < -0.3 is 19.6 Å². The summed E-state index contributed by atoms with van der Waals surface area (Å²) in [7, 11) is 3.85. The van der Waals surface area contributed by atoms with Gasteiger partial charge in [0.2, 0.25) is 5.91 Å². The Morgan fingerprint density at radius 3 is 2.75 bits per heavy atom. The highest BCUT2D eigenvalue weighted by Gasteiger charge is 2.27. The summed E-state index contributed by atoms with van der Waals surface area (Å²) in [6.07, 6.45) is 0.257. The summed E-state index contributed by atoms with van der Waals surface area (Å²) in [5, 5.41) is 11.5. The summed E-state index contributed by atoms with van der Waals surface area (Å²) in [6, 6.07) is 13.1. The van der Waals surface area contributed by atoms with E-state index < -0.39 is 5.60 Å². The molecule has 1 aliphatic heterocycles. The fraction of sp³-hybridized carbons (Fsp3) is 0.409. The zero-order valence-corrected chi connectivity index (χ0v) is 17.4. The molecule has 150 valence electrons. The van der Waals surface area contributed by atoms with Crippen molar-refractivity contribution >= 4 is 17.5 Å². The topological polar surface area (TPSA) is 53.0 Å². The van der Waals surface area contributed by atoms with Crippen LogP contribution in [0.15, 0.2) is 42.5 Å². The quantitative estimate of drug-likeness (QED) is 0.835. The average Bonchev–Trinajstić information content (AvgIpc) is 2.84. The highest BCUT2D eigenvalue weighted by molar-refractivity contribution is 6.31. The van der Waals surface area contributed by atoms with Crippen molar-refractivity contribution in [2.45, 2.75) is 25.5 Å². The minimum atomic E-state index is -0.989. The van der Waals surface area contributed by atoms with Crippen LogP contribution in [0.5, 0.6) is 5.75 Å². The minimum Gasteiger partial charge on any atom is -0.491 e. The van der Waals surface area contributed by atoms with Gasteiger partial charge in [-0.2, -0.15) is 0 Å². The predicted octanol–water partition coefficient (Wildman–Crippen LogP) is 3.07. The van der Waals surface area contributed by atoms with Crippen molar-refractivity contribution in [2.75, 3.05) is 33.8 Å². The lowest BCUT2D eigenvalue weighted by atomic mass is 9.93. The van der Waals surface area contributed by atoms with Gasteiger partial charge in [0, 0.05) is 23.7 Å². The second-order valence-corrected chi connectivity index (χ2v) is 8.17. The lowest BCUT2D eigenvalue weighted by molar-refractivity contribution is -0.131. The van der Waals surface area contributed by atoms with E-state index in [1.54, 1.807) is 17.9 Å². The number of likely N-dealkylation sites (N-methyl/N-ethyl adjacent to an activating group) is 1. The number of carbonyl (C=O) groups is 1. The molecule has 0 saturated carbocycles. The van der Waals surface area contributed by atoms with Gasteiger partial charge in [0.15, 0.2) is 0 Å². The molecule has 5 nitrogen and oxygen atoms in total. The van der Waals surface area contributed by atoms with Crippen molar-refractivity contribution in [2.24, 2.45) is 0 Å². The maximum Gasteiger partial charge on any atom is 0.227 e. The van der Waals surface area contributed by atoms with Gasteiger partial charge in [-0.15, -0.1) is 0 Å². The van der Waals surface area contributed by atoms with Gasteiger partial charge in [-0.25, -0.2) is 0 Å². The summed E-state index contributed by atoms with van der Waals surface area (Å²) < 4.78 is 5.84. The Morgan fingerprint density at radius 1 is 1.29 bits per heavy atom. The van der Waals surface area contributed by atoms with Crippen LogP contribution in [0, 0.1) is 0 Å². The number of fused-ring (bicyclic) bond motifs is 1. The smallest absolute Gasteiger partial charge is 0.227 e. The Kier molecular flexibility index (Phi) is 6.28. The number of benzene rings is 2. The van der Waals surface area contributed by atoms with Crippen molar-refractivity contribution in [3.63, 3.8) is 0 Å². The van der Waals surface area contributed by atoms with Crippen LogP contribution in [-0.2, 0) is 23.4 Å². The summed E-state index contributed by atoms with van der Waals surface area (Å²) in [5.74, 6) is 0.771. The van der Waals surface area contributed by atoms with Gasteiger partial charge >= 0.3 is 0 Å². The van der Waals surface area contributed by atoms with Crippen LogP contribution in [0.4, 0.5) is 0 Å². The first kappa shape index (κ1) is 20.6. The van der Waals surface area contributed by atoms with Gasteiger partial charge in [-0.3, -0.25) is 4.79 Å². The summed E-state index contributed by atoms with van der Waals surface area (Å²) >= 11 is 6.21. The molecule has 1 N–H and O–H groups in total. The average molecular weight is 403 g/mol. The predicted molar refractivity (Wildman–Crippen MR) is 111 cm³/mol. The second kappa shape index (κ2) is 8.52. The zero-order chi connectivity index (χ0) is 20.3. The molecular weight excluding hydrogens is 376 g/mol. The maximum absolute atomic E-state index is 12.9. The van der Waals surface area contributed by atoms with E-state index in [0.717, 1.165) is 22.4 Å². The SMILES string of the molecule is CN(C)CC(C)(O)c1ccc2c(c1)CN(C(=O)Cc1ccccc1Cl)CCO2. The van der Waals surface area contributed by atoms with E-state index in [1.165, 1.54) is 0 Å². The molecule has 0 fully saturated rings. The van der Waals surface area contributed by atoms with Crippen molar-refractivity contribution < 1.29 is 14.6 Å². The maximum atomic E-state index is 12.9. The second-order valence-electron chi connectivity index (χ2n) is 7.77. The van der Waals surface area contributed by atoms with Crippen LogP contribution in [0.3, 0.4) is 0 Å². The third-order valence-electron chi connectivity index (χ3n) is 4.94. The lowest BCUT2D eigenvalue weighted by Crippen LogP contribution is -2.35. The Morgan fingerprint density at radius 2 is 2.04 bits per heavy atom. The fourth-order valence-electron chi connectivity index (χ4n) is 3.57. The summed E-state index contributed by atoms with van der Waals surface area (Å²) in [5.41, 5.74) is 1.55. The third kappa shape index (κ3) is 4.85. The molecule has 0 radical (unpaired) electrons. The largest absolute Gasteiger partial charge is 0.491 e. The van der Waals surface area contributed by atoms with E-state index >= 15 is 0 Å². The van der Waals surface area contributed by atoms with Gasteiger partial charge in [-0.05, 0) is 50.3 Å². The van der Waals surface area contributed by atoms with Crippen molar-refractivity contribution in [1.82, 2.24) is 9.80 Å². The van der Waals surface area contributed by atoms with E-state index in [0.29, 0.717) is 31.3 Å². The molecule has 2 aromatic carbocycles. The number of aliphatic hydroxyl groups is 1. The Hall–Kier alpha value is -2.08. The molecule has 0 saturated heterocycles. The van der Waals surface area contributed by atoms with Crippen molar-refractivity contribution in [1.29, 1.82) is 0 Å². The third-order valence-corrected chi connectivity index (χ3v) is 5.31. The molecule has 0 aliphatic carbocycles. The molecule has 2 aromatic rings. The first-order valence-electron chi connectivity index (χ1n) is 9.41. The zero-order valence-electron chi connectivity index (χ0n) is 16.6. The molecule has 0 spiro atoms. The van der Waals surface area contributed by atoms with Crippen LogP contribution in [0.25, 0.3) is 0 Å². The first-order chi connectivity index (χ1) is 13.3. The molecule has 6 heteroatoms. The molecular formula is C22H27ClN2O3. The molecule has 0 aromatic heterocycles. The van der Waals surface area contributed by atoms with Crippen LogP contribution in [-0.4, -0.2) is 54.6 Å². The van der Waals surface area contributed by atoms with Gasteiger partial charge in [0.25, 0.3) is 0 Å². The van der Waals surface area contributed by atoms with Crippen LogP contribution < -0.4 is 4.74 Å². The van der Waals surface area contributed by atoms with E-state index in [-0.39, 0.29) is 12.3 Å². The normalized spacial score (nSPS) is 16.1. The Bertz CT molecular complexity index is 851. The molecule has 28 heavy (non-hydrogen) atoms. The Balaban J connectivity index is 1.80. The van der Waals surface area contributed by atoms with Crippen LogP contribution in [0.1, 0.15) is 23.6 Å². The van der Waals surface area contributed by atoms with E-state index in [9.17, 15) is 9.90 Å². The monoisotopic (exact) mass is 402 g/mol. The minimum absolute atomic E-state index is 0.00926. The summed E-state index contributed by atoms with van der Waals surface area (Å²) in [4.78, 5) is 16.6. The first-order valence-corrected chi connectivity index (χ1v) is 9.78. The molecule has 3 rings (SSSR count). The van der Waals surface area contributed by atoms with E-state index in [4.69, 9.17) is 16.3 Å². The number of rotatable bonds is 5. The van der Waals surface area contributed by atoms with Crippen molar-refractivity contribution in [3.05, 3.63) is 64.2 Å². The molecule has 1 heterocycles. The summed E-state index contributed by atoms with van der Waals surface area (Å²) in [6.45, 7) is 3.70. The van der Waals surface area contributed by atoms with E-state index in [2.05, 4.69) is 0 Å². The number of amides is 1. The highest BCUT2D eigenvalue weighted by Crippen LogP contribution is 2.30. The number of halogens is 1. The fourth-order valence-corrected chi connectivity index (χ4v) is 3.77. The number of carbonyl (C=O) groups excluding carboxylic acids is 1. The van der Waals surface area contributed by atoms with Crippen LogP contribution in [0.2, 0.25) is 5.02 Å². The van der Waals surface area contributed by atoms with Gasteiger partial charge in [0.05, 0.1) is 18.6 Å². The van der Waals surface area contributed by atoms with Gasteiger partial charge in [-0.1, -0.05) is 35.9 Å². The van der Waals surface area contributed by atoms with Gasteiger partial charge in [0.1, 0.15) is 12.4 Å². The van der Waals surface area contributed by atoms with E-state index in [1.807, 2.05) is 55.4 Å². The highest BCUT2D eigenvalue weighted by atomic mass is 35.5. The molecule has 1 aliphatic rings. The Labute approximate surface area is 171 Å². The lowest BCUT2D eigenvalue weighted by Gasteiger charge is -2.28. The molecule has 1 atom stereocenters. The standard InChI is InChI=1S/C22H27ClN2O3/c1-22(27,15-24(2)3)18-8-9-20-17(12-18)14-25(10-11-28-20)21(26)13-16-6-4-5-7-19(16)23/h4-9,12,27H,10-11,13-15H2,1-3H3. The molecule has 1 unspecified atom stereocenters. The number of hydrogen-bond acceptors (Lipinski definition) is 4. The van der Waals surface area contributed by atoms with Crippen molar-refractivity contribution in [3.8, 4) is 5.75 Å². The number of hydrogen-bond donors (Lipinski definition) is 1. The molecule has 0 bridgehead atoms.